The maximum atomic E-state index is 13.4. The molecule has 1 unspecified atom stereocenters. The van der Waals surface area contributed by atoms with Crippen LogP contribution in [0, 0.1) is 0 Å². The molecule has 3 N–H and O–H groups in total. The molecule has 0 aliphatic carbocycles. The van der Waals surface area contributed by atoms with Crippen LogP contribution in [0.3, 0.4) is 0 Å². The Labute approximate surface area is 208 Å². The highest BCUT2D eigenvalue weighted by Gasteiger charge is 2.36. The molecular weight excluding hydrogens is 440 g/mol. The molecule has 0 spiro atoms. The van der Waals surface area contributed by atoms with Crippen LogP contribution in [0.5, 0.6) is 23.0 Å². The number of carbonyl (C=O) groups is 1. The van der Waals surface area contributed by atoms with Crippen molar-refractivity contribution in [2.45, 2.75) is 73.3 Å². The van der Waals surface area contributed by atoms with E-state index in [0.29, 0.717) is 30.4 Å². The van der Waals surface area contributed by atoms with Crippen LogP contribution < -0.4 is 4.74 Å². The van der Waals surface area contributed by atoms with Gasteiger partial charge in [0.25, 0.3) is 0 Å². The lowest BCUT2D eigenvalue weighted by molar-refractivity contribution is 0.0841. The topological polar surface area (TPSA) is 87.0 Å². The van der Waals surface area contributed by atoms with Crippen molar-refractivity contribution >= 4 is 5.78 Å². The van der Waals surface area contributed by atoms with Crippen LogP contribution in [-0.4, -0.2) is 21.1 Å². The summed E-state index contributed by atoms with van der Waals surface area (Å²) in [4.78, 5) is 13.4. The molecule has 0 radical (unpaired) electrons. The van der Waals surface area contributed by atoms with Crippen LogP contribution in [0.25, 0.3) is 0 Å². The number of aromatic hydroxyl groups is 3. The first-order valence-electron chi connectivity index (χ1n) is 12.0. The molecule has 2 aromatic carbocycles. The van der Waals surface area contributed by atoms with Gasteiger partial charge in [0.2, 0.25) is 0 Å². The van der Waals surface area contributed by atoms with E-state index in [4.69, 9.17) is 4.74 Å². The predicted octanol–water partition coefficient (Wildman–Crippen LogP) is 7.04. The van der Waals surface area contributed by atoms with Gasteiger partial charge >= 0.3 is 0 Å². The quantitative estimate of drug-likeness (QED) is 0.373. The summed E-state index contributed by atoms with van der Waals surface area (Å²) >= 11 is 0. The summed E-state index contributed by atoms with van der Waals surface area (Å²) in [5.74, 6) is -0.0974. The maximum Gasteiger partial charge on any atom is 0.174 e. The number of hydrogen-bond acceptors (Lipinski definition) is 5. The normalized spacial score (nSPS) is 14.6. The lowest BCUT2D eigenvalue weighted by atomic mass is 9.87. The van der Waals surface area contributed by atoms with Gasteiger partial charge in [0.1, 0.15) is 34.7 Å². The third-order valence-electron chi connectivity index (χ3n) is 6.14. The van der Waals surface area contributed by atoms with E-state index >= 15 is 0 Å². The van der Waals surface area contributed by atoms with E-state index in [-0.39, 0.29) is 40.8 Å². The van der Waals surface area contributed by atoms with E-state index < -0.39 is 6.10 Å². The van der Waals surface area contributed by atoms with Gasteiger partial charge in [0.15, 0.2) is 5.78 Å². The average Bonchev–Trinajstić information content (AvgIpc) is 2.76. The molecular formula is C30H36O5. The second-order valence-electron chi connectivity index (χ2n) is 9.93. The van der Waals surface area contributed by atoms with Crippen LogP contribution in [0.15, 0.2) is 53.1 Å². The molecule has 1 aliphatic heterocycles. The third kappa shape index (κ3) is 5.97. The summed E-state index contributed by atoms with van der Waals surface area (Å²) in [7, 11) is 0. The largest absolute Gasteiger partial charge is 0.508 e. The van der Waals surface area contributed by atoms with Crippen molar-refractivity contribution < 1.29 is 24.9 Å². The first-order chi connectivity index (χ1) is 16.5. The first kappa shape index (κ1) is 26.1. The lowest BCUT2D eigenvalue weighted by Gasteiger charge is -2.30. The average molecular weight is 477 g/mol. The number of phenols is 3. The third-order valence-corrected chi connectivity index (χ3v) is 6.14. The van der Waals surface area contributed by atoms with E-state index in [1.54, 1.807) is 18.2 Å². The molecule has 0 aromatic heterocycles. The van der Waals surface area contributed by atoms with E-state index in [9.17, 15) is 20.1 Å². The highest BCUT2D eigenvalue weighted by atomic mass is 16.5. The molecule has 186 valence electrons. The van der Waals surface area contributed by atoms with Gasteiger partial charge in [-0.15, -0.1) is 0 Å². The number of ether oxygens (including phenoxy) is 1. The van der Waals surface area contributed by atoms with Crippen molar-refractivity contribution in [2.75, 3.05) is 0 Å². The van der Waals surface area contributed by atoms with Crippen molar-refractivity contribution in [3.05, 3.63) is 81.0 Å². The number of Topliss-reactive ketones (excluding diaryl/α,β-unsaturated/α-hetero) is 1. The van der Waals surface area contributed by atoms with E-state index in [1.165, 1.54) is 0 Å². The Bertz CT molecular complexity index is 1220. The Morgan fingerprint density at radius 3 is 2.03 bits per heavy atom. The number of fused-ring (bicyclic) bond motifs is 1. The van der Waals surface area contributed by atoms with E-state index in [1.807, 2.05) is 53.7 Å². The van der Waals surface area contributed by atoms with Gasteiger partial charge in [-0.1, -0.05) is 41.0 Å². The molecule has 0 amide bonds. The van der Waals surface area contributed by atoms with Crippen LogP contribution in [0.4, 0.5) is 0 Å². The highest BCUT2D eigenvalue weighted by molar-refractivity contribution is 6.04. The minimum Gasteiger partial charge on any atom is -0.508 e. The summed E-state index contributed by atoms with van der Waals surface area (Å²) < 4.78 is 6.39. The fourth-order valence-corrected chi connectivity index (χ4v) is 4.22. The van der Waals surface area contributed by atoms with Crippen molar-refractivity contribution in [1.29, 1.82) is 0 Å². The second-order valence-corrected chi connectivity index (χ2v) is 9.93. The van der Waals surface area contributed by atoms with Gasteiger partial charge in [0.05, 0.1) is 6.42 Å². The van der Waals surface area contributed by atoms with E-state index in [0.717, 1.165) is 27.8 Å². The summed E-state index contributed by atoms with van der Waals surface area (Å²) in [5.41, 5.74) is 5.91. The number of allylic oxidation sites excluding steroid dienone is 6. The summed E-state index contributed by atoms with van der Waals surface area (Å²) in [6.07, 6.45) is 6.69. The first-order valence-corrected chi connectivity index (χ1v) is 12.0. The monoisotopic (exact) mass is 476 g/mol. The minimum atomic E-state index is -0.593. The second kappa shape index (κ2) is 10.9. The van der Waals surface area contributed by atoms with Crippen molar-refractivity contribution in [1.82, 2.24) is 0 Å². The summed E-state index contributed by atoms with van der Waals surface area (Å²) in [5, 5.41) is 32.3. The minimum absolute atomic E-state index is 0.0415. The molecule has 5 heteroatoms. The fourth-order valence-electron chi connectivity index (χ4n) is 4.22. The van der Waals surface area contributed by atoms with Gasteiger partial charge in [-0.2, -0.15) is 0 Å². The molecule has 0 saturated carbocycles. The number of ketones is 1. The SMILES string of the molecule is CC(C)=CCc1cc(O)ccc1C1CC(=O)c2c(O)c(CC=C(C)C)c(O)c(CC=C(C)C)c2O1. The predicted molar refractivity (Wildman–Crippen MR) is 140 cm³/mol. The Morgan fingerprint density at radius 1 is 0.857 bits per heavy atom. The number of phenolic OH excluding ortho intramolecular Hbond substituents is 3. The standard InChI is InChI=1S/C30H36O5/c1-17(2)7-10-20-15-21(31)11-14-22(20)26-16-25(32)27-29(34)23(12-8-18(3)4)28(33)24(30(27)35-26)13-9-19(5)6/h7-9,11,14-15,26,31,33-34H,10,12-13,16H2,1-6H3. The van der Waals surface area contributed by atoms with E-state index in [2.05, 4.69) is 6.08 Å². The summed E-state index contributed by atoms with van der Waals surface area (Å²) in [6.45, 7) is 11.8. The molecule has 2 aromatic rings. The molecule has 0 fully saturated rings. The highest BCUT2D eigenvalue weighted by Crippen LogP contribution is 2.49. The maximum absolute atomic E-state index is 13.4. The Morgan fingerprint density at radius 2 is 1.43 bits per heavy atom. The number of benzene rings is 2. The van der Waals surface area contributed by atoms with Gasteiger partial charge in [-0.3, -0.25) is 4.79 Å². The van der Waals surface area contributed by atoms with Crippen molar-refractivity contribution in [2.24, 2.45) is 0 Å². The zero-order valence-corrected chi connectivity index (χ0v) is 21.5. The Balaban J connectivity index is 2.17. The van der Waals surface area contributed by atoms with Crippen LogP contribution >= 0.6 is 0 Å². The van der Waals surface area contributed by atoms with Gasteiger partial charge in [-0.25, -0.2) is 0 Å². The Kier molecular flexibility index (Phi) is 8.11. The molecule has 3 rings (SSSR count). The smallest absolute Gasteiger partial charge is 0.174 e. The van der Waals surface area contributed by atoms with Crippen molar-refractivity contribution in [3.63, 3.8) is 0 Å². The summed E-state index contributed by atoms with van der Waals surface area (Å²) in [6, 6.07) is 5.07. The zero-order valence-electron chi connectivity index (χ0n) is 21.5. The van der Waals surface area contributed by atoms with Crippen LogP contribution in [0.1, 0.15) is 86.7 Å². The molecule has 5 nitrogen and oxygen atoms in total. The molecule has 1 atom stereocenters. The fraction of sp³-hybridized carbons (Fsp3) is 0.367. The lowest BCUT2D eigenvalue weighted by Crippen LogP contribution is -2.23. The molecule has 35 heavy (non-hydrogen) atoms. The molecule has 0 saturated heterocycles. The van der Waals surface area contributed by atoms with Gasteiger partial charge in [-0.05, 0) is 84.1 Å². The van der Waals surface area contributed by atoms with Gasteiger partial charge in [0, 0.05) is 11.1 Å². The van der Waals surface area contributed by atoms with Crippen LogP contribution in [-0.2, 0) is 19.3 Å². The zero-order chi connectivity index (χ0) is 25.9. The van der Waals surface area contributed by atoms with Crippen molar-refractivity contribution in [3.8, 4) is 23.0 Å². The van der Waals surface area contributed by atoms with Crippen LogP contribution in [0.2, 0.25) is 0 Å². The number of rotatable bonds is 7. The van der Waals surface area contributed by atoms with Gasteiger partial charge < -0.3 is 20.1 Å². The molecule has 1 aliphatic rings. The number of hydrogen-bond donors (Lipinski definition) is 3. The molecule has 0 bridgehead atoms. The Hall–Kier alpha value is -3.47. The molecule has 1 heterocycles. The number of carbonyl (C=O) groups excluding carboxylic acids is 1.